The van der Waals surface area contributed by atoms with Crippen LogP contribution in [0, 0.1) is 0 Å². The zero-order chi connectivity index (χ0) is 16.7. The fourth-order valence-electron chi connectivity index (χ4n) is 2.54. The SMILES string of the molecule is CC1(n2ccn(Cc3ccc(-n4ccnn4)nn3)c(=O)c2=O)CC1. The molecule has 24 heavy (non-hydrogen) atoms. The van der Waals surface area contributed by atoms with Gasteiger partial charge in [-0.1, -0.05) is 5.21 Å². The first-order valence-electron chi connectivity index (χ1n) is 7.59. The van der Waals surface area contributed by atoms with Gasteiger partial charge in [0.25, 0.3) is 0 Å². The highest BCUT2D eigenvalue weighted by molar-refractivity contribution is 5.19. The van der Waals surface area contributed by atoms with Crippen molar-refractivity contribution >= 4 is 0 Å². The Morgan fingerprint density at radius 1 is 1.08 bits per heavy atom. The van der Waals surface area contributed by atoms with E-state index in [2.05, 4.69) is 20.5 Å². The molecule has 0 bridgehead atoms. The Bertz CT molecular complexity index is 982. The van der Waals surface area contributed by atoms with Crippen molar-refractivity contribution in [1.82, 2.24) is 34.3 Å². The fraction of sp³-hybridized carbons (Fsp3) is 0.333. The minimum Gasteiger partial charge on any atom is -0.304 e. The van der Waals surface area contributed by atoms with Crippen molar-refractivity contribution in [3.63, 3.8) is 0 Å². The smallest absolute Gasteiger partial charge is 0.304 e. The molecule has 3 aromatic rings. The topological polar surface area (TPSA) is 100 Å². The lowest BCUT2D eigenvalue weighted by Crippen LogP contribution is -2.43. The lowest BCUT2D eigenvalue weighted by Gasteiger charge is -2.13. The zero-order valence-electron chi connectivity index (χ0n) is 13.0. The van der Waals surface area contributed by atoms with E-state index in [-0.39, 0.29) is 12.1 Å². The van der Waals surface area contributed by atoms with Gasteiger partial charge < -0.3 is 9.13 Å². The molecule has 122 valence electrons. The Hall–Kier alpha value is -3.10. The molecular weight excluding hydrogens is 310 g/mol. The van der Waals surface area contributed by atoms with Gasteiger partial charge in [0.05, 0.1) is 24.6 Å². The Morgan fingerprint density at radius 3 is 2.54 bits per heavy atom. The van der Waals surface area contributed by atoms with Crippen LogP contribution in [0.25, 0.3) is 5.82 Å². The summed E-state index contributed by atoms with van der Waals surface area (Å²) in [5.74, 6) is 0.528. The third-order valence-corrected chi connectivity index (χ3v) is 4.31. The molecule has 0 aromatic carbocycles. The van der Waals surface area contributed by atoms with Gasteiger partial charge in [0.1, 0.15) is 0 Å². The quantitative estimate of drug-likeness (QED) is 0.623. The number of rotatable bonds is 4. The van der Waals surface area contributed by atoms with Crippen molar-refractivity contribution in [2.45, 2.75) is 31.8 Å². The zero-order valence-corrected chi connectivity index (χ0v) is 13.0. The molecule has 0 N–H and O–H groups in total. The van der Waals surface area contributed by atoms with Crippen molar-refractivity contribution in [3.8, 4) is 5.82 Å². The molecule has 0 spiro atoms. The second-order valence-electron chi connectivity index (χ2n) is 6.13. The van der Waals surface area contributed by atoms with Crippen LogP contribution < -0.4 is 11.1 Å². The highest BCUT2D eigenvalue weighted by atomic mass is 16.2. The second-order valence-corrected chi connectivity index (χ2v) is 6.13. The monoisotopic (exact) mass is 325 g/mol. The maximum Gasteiger partial charge on any atom is 0.316 e. The first-order chi connectivity index (χ1) is 11.6. The number of hydrogen-bond donors (Lipinski definition) is 0. The molecule has 3 aromatic heterocycles. The van der Waals surface area contributed by atoms with Crippen LogP contribution in [0.5, 0.6) is 0 Å². The molecule has 9 heteroatoms. The van der Waals surface area contributed by atoms with Crippen molar-refractivity contribution in [3.05, 3.63) is 63.3 Å². The molecule has 0 saturated heterocycles. The van der Waals surface area contributed by atoms with Gasteiger partial charge in [-0.3, -0.25) is 9.59 Å². The highest BCUT2D eigenvalue weighted by Crippen LogP contribution is 2.41. The predicted molar refractivity (Wildman–Crippen MR) is 83.9 cm³/mol. The maximum absolute atomic E-state index is 12.3. The third kappa shape index (κ3) is 2.43. The van der Waals surface area contributed by atoms with E-state index in [0.29, 0.717) is 11.5 Å². The van der Waals surface area contributed by atoms with Crippen LogP contribution in [-0.4, -0.2) is 34.3 Å². The summed E-state index contributed by atoms with van der Waals surface area (Å²) in [5.41, 5.74) is -0.664. The van der Waals surface area contributed by atoms with E-state index in [1.807, 2.05) is 6.92 Å². The molecule has 1 saturated carbocycles. The van der Waals surface area contributed by atoms with Crippen LogP contribution in [0.4, 0.5) is 0 Å². The summed E-state index contributed by atoms with van der Waals surface area (Å²) in [7, 11) is 0. The number of hydrogen-bond acceptors (Lipinski definition) is 6. The first kappa shape index (κ1) is 14.5. The molecule has 9 nitrogen and oxygen atoms in total. The van der Waals surface area contributed by atoms with E-state index in [9.17, 15) is 9.59 Å². The van der Waals surface area contributed by atoms with Crippen LogP contribution in [0.2, 0.25) is 0 Å². The van der Waals surface area contributed by atoms with E-state index >= 15 is 0 Å². The van der Waals surface area contributed by atoms with Crippen LogP contribution in [0.15, 0.2) is 46.5 Å². The van der Waals surface area contributed by atoms with E-state index < -0.39 is 11.1 Å². The van der Waals surface area contributed by atoms with Crippen LogP contribution in [0.1, 0.15) is 25.5 Å². The maximum atomic E-state index is 12.3. The Kier molecular flexibility index (Phi) is 3.15. The summed E-state index contributed by atoms with van der Waals surface area (Å²) in [6, 6.07) is 3.47. The molecule has 0 aliphatic heterocycles. The summed E-state index contributed by atoms with van der Waals surface area (Å²) < 4.78 is 4.37. The van der Waals surface area contributed by atoms with Gasteiger partial charge in [-0.05, 0) is 31.9 Å². The lowest BCUT2D eigenvalue weighted by atomic mass is 10.3. The van der Waals surface area contributed by atoms with E-state index in [4.69, 9.17) is 0 Å². The Morgan fingerprint density at radius 2 is 1.92 bits per heavy atom. The Labute approximate surface area is 136 Å². The van der Waals surface area contributed by atoms with Crippen LogP contribution >= 0.6 is 0 Å². The normalized spacial score (nSPS) is 15.4. The van der Waals surface area contributed by atoms with Crippen molar-refractivity contribution in [2.75, 3.05) is 0 Å². The molecule has 3 heterocycles. The summed E-state index contributed by atoms with van der Waals surface area (Å²) in [6.07, 6.45) is 8.35. The van der Waals surface area contributed by atoms with Gasteiger partial charge in [0.15, 0.2) is 5.82 Å². The largest absolute Gasteiger partial charge is 0.316 e. The van der Waals surface area contributed by atoms with Crippen molar-refractivity contribution in [1.29, 1.82) is 0 Å². The molecule has 0 atom stereocenters. The molecule has 0 radical (unpaired) electrons. The average molecular weight is 325 g/mol. The third-order valence-electron chi connectivity index (χ3n) is 4.31. The standard InChI is InChI=1S/C15H15N7O2/c1-15(4-5-15)21-9-8-20(13(23)14(21)24)10-11-2-3-12(18-17-11)22-7-6-16-19-22/h2-3,6-9H,4-5,10H2,1H3. The number of nitrogens with zero attached hydrogens (tertiary/aromatic N) is 7. The van der Waals surface area contributed by atoms with Gasteiger partial charge >= 0.3 is 11.1 Å². The van der Waals surface area contributed by atoms with Gasteiger partial charge in [-0.25, -0.2) is 4.68 Å². The minimum atomic E-state index is -0.548. The van der Waals surface area contributed by atoms with Gasteiger partial charge in [0.2, 0.25) is 0 Å². The molecule has 4 rings (SSSR count). The molecule has 1 fully saturated rings. The molecule has 0 unspecified atom stereocenters. The molecular formula is C15H15N7O2. The summed E-state index contributed by atoms with van der Waals surface area (Å²) in [5, 5.41) is 15.7. The second kappa shape index (κ2) is 5.22. The molecule has 1 aliphatic rings. The van der Waals surface area contributed by atoms with Crippen molar-refractivity contribution < 1.29 is 0 Å². The fourth-order valence-corrected chi connectivity index (χ4v) is 2.54. The van der Waals surface area contributed by atoms with Crippen LogP contribution in [-0.2, 0) is 12.1 Å². The van der Waals surface area contributed by atoms with E-state index in [1.54, 1.807) is 36.9 Å². The van der Waals surface area contributed by atoms with Crippen LogP contribution in [0.3, 0.4) is 0 Å². The minimum absolute atomic E-state index is 0.191. The average Bonchev–Trinajstić information content (AvgIpc) is 3.11. The summed E-state index contributed by atoms with van der Waals surface area (Å²) in [6.45, 7) is 2.17. The van der Waals surface area contributed by atoms with E-state index in [0.717, 1.165) is 12.8 Å². The van der Waals surface area contributed by atoms with E-state index in [1.165, 1.54) is 13.8 Å². The molecule has 0 amide bonds. The highest BCUT2D eigenvalue weighted by Gasteiger charge is 2.40. The predicted octanol–water partition coefficient (Wildman–Crippen LogP) is -0.0620. The van der Waals surface area contributed by atoms with Gasteiger partial charge in [-0.15, -0.1) is 10.2 Å². The van der Waals surface area contributed by atoms with Gasteiger partial charge in [0, 0.05) is 17.9 Å². The Balaban J connectivity index is 1.61. The molecule has 1 aliphatic carbocycles. The summed E-state index contributed by atoms with van der Waals surface area (Å²) >= 11 is 0. The number of aromatic nitrogens is 7. The lowest BCUT2D eigenvalue weighted by molar-refractivity contribution is 0.495. The summed E-state index contributed by atoms with van der Waals surface area (Å²) in [4.78, 5) is 24.5. The van der Waals surface area contributed by atoms with Crippen molar-refractivity contribution in [2.24, 2.45) is 0 Å². The first-order valence-corrected chi connectivity index (χ1v) is 7.59. The van der Waals surface area contributed by atoms with Gasteiger partial charge in [-0.2, -0.15) is 5.10 Å².